The molecule has 0 fully saturated rings. The number of fused-ring (bicyclic) bond motifs is 1. The van der Waals surface area contributed by atoms with E-state index in [-0.39, 0.29) is 0 Å². The first-order valence-corrected chi connectivity index (χ1v) is 4.12. The zero-order valence-corrected chi connectivity index (χ0v) is 6.66. The SMILES string of the molecule is Oc1c(F)c(F)cc2ccsc12. The molecular weight excluding hydrogens is 182 g/mol. The minimum absolute atomic E-state index is 0.383. The van der Waals surface area contributed by atoms with Crippen LogP contribution in [0.1, 0.15) is 0 Å². The van der Waals surface area contributed by atoms with Gasteiger partial charge >= 0.3 is 0 Å². The van der Waals surface area contributed by atoms with Crippen LogP contribution in [-0.2, 0) is 0 Å². The minimum atomic E-state index is -1.18. The number of hydrogen-bond donors (Lipinski definition) is 1. The second-order valence-corrected chi connectivity index (χ2v) is 3.28. The summed E-state index contributed by atoms with van der Waals surface area (Å²) >= 11 is 1.18. The van der Waals surface area contributed by atoms with Crippen LogP contribution < -0.4 is 0 Å². The van der Waals surface area contributed by atoms with Crippen LogP contribution in [0, 0.1) is 11.6 Å². The molecule has 0 radical (unpaired) electrons. The Morgan fingerprint density at radius 2 is 2.08 bits per heavy atom. The molecule has 2 aromatic rings. The molecule has 0 unspecified atom stereocenters. The number of benzene rings is 1. The molecule has 0 saturated carbocycles. The van der Waals surface area contributed by atoms with Gasteiger partial charge in [0.2, 0.25) is 5.82 Å². The maximum absolute atomic E-state index is 12.7. The lowest BCUT2D eigenvalue weighted by Crippen LogP contribution is -1.83. The lowest BCUT2D eigenvalue weighted by molar-refractivity contribution is 0.414. The van der Waals surface area contributed by atoms with Gasteiger partial charge in [-0.3, -0.25) is 0 Å². The van der Waals surface area contributed by atoms with Crippen molar-refractivity contribution in [3.05, 3.63) is 29.1 Å². The lowest BCUT2D eigenvalue weighted by Gasteiger charge is -1.97. The standard InChI is InChI=1S/C8H4F2OS/c9-5-3-4-1-2-12-8(4)7(11)6(5)10/h1-3,11H. The van der Waals surface area contributed by atoms with E-state index in [1.54, 1.807) is 11.4 Å². The summed E-state index contributed by atoms with van der Waals surface area (Å²) in [5, 5.41) is 11.3. The molecule has 1 N–H and O–H groups in total. The van der Waals surface area contributed by atoms with Crippen molar-refractivity contribution in [2.45, 2.75) is 0 Å². The van der Waals surface area contributed by atoms with Gasteiger partial charge in [-0.15, -0.1) is 11.3 Å². The molecule has 0 spiro atoms. The van der Waals surface area contributed by atoms with E-state index in [9.17, 15) is 8.78 Å². The Kier molecular flexibility index (Phi) is 1.51. The number of phenols is 1. The first kappa shape index (κ1) is 7.49. The molecule has 4 heteroatoms. The number of phenolic OH excluding ortho intramolecular Hbond substituents is 1. The third-order valence-corrected chi connectivity index (χ3v) is 2.55. The predicted octanol–water partition coefficient (Wildman–Crippen LogP) is 2.89. The summed E-state index contributed by atoms with van der Waals surface area (Å²) < 4.78 is 25.8. The summed E-state index contributed by atoms with van der Waals surface area (Å²) in [6.07, 6.45) is 0. The molecule has 0 amide bonds. The highest BCUT2D eigenvalue weighted by Gasteiger charge is 2.12. The van der Waals surface area contributed by atoms with Crippen molar-refractivity contribution in [3.8, 4) is 5.75 Å². The van der Waals surface area contributed by atoms with E-state index in [1.807, 2.05) is 0 Å². The van der Waals surface area contributed by atoms with E-state index in [0.717, 1.165) is 6.07 Å². The van der Waals surface area contributed by atoms with Gasteiger partial charge in [-0.25, -0.2) is 4.39 Å². The molecule has 12 heavy (non-hydrogen) atoms. The van der Waals surface area contributed by atoms with Gasteiger partial charge in [0, 0.05) is 0 Å². The number of thiophene rings is 1. The van der Waals surface area contributed by atoms with Gasteiger partial charge in [0.25, 0.3) is 0 Å². The van der Waals surface area contributed by atoms with Crippen LogP contribution in [-0.4, -0.2) is 5.11 Å². The smallest absolute Gasteiger partial charge is 0.201 e. The second kappa shape index (κ2) is 2.42. The van der Waals surface area contributed by atoms with Crippen LogP contribution in [0.25, 0.3) is 10.1 Å². The molecule has 0 aliphatic heterocycles. The fourth-order valence-corrected chi connectivity index (χ4v) is 1.85. The number of aromatic hydroxyl groups is 1. The van der Waals surface area contributed by atoms with Gasteiger partial charge in [0.1, 0.15) is 0 Å². The van der Waals surface area contributed by atoms with Crippen LogP contribution in [0.2, 0.25) is 0 Å². The maximum Gasteiger partial charge on any atom is 0.201 e. The van der Waals surface area contributed by atoms with Gasteiger partial charge in [-0.05, 0) is 22.9 Å². The van der Waals surface area contributed by atoms with Crippen molar-refractivity contribution in [1.29, 1.82) is 0 Å². The van der Waals surface area contributed by atoms with E-state index in [4.69, 9.17) is 5.11 Å². The number of hydrogen-bond acceptors (Lipinski definition) is 2. The molecule has 0 atom stereocenters. The Bertz CT molecular complexity index is 436. The van der Waals surface area contributed by atoms with E-state index >= 15 is 0 Å². The average Bonchev–Trinajstić information content (AvgIpc) is 2.48. The van der Waals surface area contributed by atoms with Gasteiger partial charge < -0.3 is 5.11 Å². The van der Waals surface area contributed by atoms with Crippen LogP contribution >= 0.6 is 11.3 Å². The summed E-state index contributed by atoms with van der Waals surface area (Å²) in [5.74, 6) is -2.79. The molecule has 2 rings (SSSR count). The topological polar surface area (TPSA) is 20.2 Å². The largest absolute Gasteiger partial charge is 0.504 e. The predicted molar refractivity (Wildman–Crippen MR) is 43.4 cm³/mol. The highest BCUT2D eigenvalue weighted by molar-refractivity contribution is 7.17. The Balaban J connectivity index is 2.94. The van der Waals surface area contributed by atoms with Crippen LogP contribution in [0.3, 0.4) is 0 Å². The quantitative estimate of drug-likeness (QED) is 0.670. The normalized spacial score (nSPS) is 10.8. The Morgan fingerprint density at radius 1 is 1.33 bits per heavy atom. The fourth-order valence-electron chi connectivity index (χ4n) is 1.04. The Hall–Kier alpha value is -1.16. The molecule has 0 aliphatic rings. The third kappa shape index (κ3) is 0.881. The molecule has 62 valence electrons. The second-order valence-electron chi connectivity index (χ2n) is 2.36. The summed E-state index contributed by atoms with van der Waals surface area (Å²) in [5.41, 5.74) is 0. The third-order valence-electron chi connectivity index (χ3n) is 1.61. The van der Waals surface area contributed by atoms with Crippen LogP contribution in [0.4, 0.5) is 8.78 Å². The zero-order chi connectivity index (χ0) is 8.72. The molecule has 1 aromatic heterocycles. The first-order valence-electron chi connectivity index (χ1n) is 3.24. The summed E-state index contributed by atoms with van der Waals surface area (Å²) in [7, 11) is 0. The molecule has 0 saturated heterocycles. The summed E-state index contributed by atoms with van der Waals surface area (Å²) in [4.78, 5) is 0. The molecule has 0 bridgehead atoms. The molecule has 1 nitrogen and oxygen atoms in total. The lowest BCUT2D eigenvalue weighted by atomic mass is 10.2. The van der Waals surface area contributed by atoms with Crippen molar-refractivity contribution in [1.82, 2.24) is 0 Å². The van der Waals surface area contributed by atoms with Gasteiger partial charge in [-0.1, -0.05) is 0 Å². The van der Waals surface area contributed by atoms with Crippen molar-refractivity contribution in [2.75, 3.05) is 0 Å². The molecule has 0 aliphatic carbocycles. The van der Waals surface area contributed by atoms with Gasteiger partial charge in [-0.2, -0.15) is 4.39 Å². The molecule has 1 heterocycles. The average molecular weight is 186 g/mol. The van der Waals surface area contributed by atoms with Crippen molar-refractivity contribution >= 4 is 21.4 Å². The number of rotatable bonds is 0. The van der Waals surface area contributed by atoms with Gasteiger partial charge in [0.15, 0.2) is 11.6 Å². The maximum atomic E-state index is 12.7. The van der Waals surface area contributed by atoms with Crippen LogP contribution in [0.5, 0.6) is 5.75 Å². The molecule has 1 aromatic carbocycles. The summed E-state index contributed by atoms with van der Waals surface area (Å²) in [6.45, 7) is 0. The monoisotopic (exact) mass is 186 g/mol. The fraction of sp³-hybridized carbons (Fsp3) is 0. The van der Waals surface area contributed by atoms with E-state index < -0.39 is 17.4 Å². The highest BCUT2D eigenvalue weighted by atomic mass is 32.1. The van der Waals surface area contributed by atoms with E-state index in [2.05, 4.69) is 0 Å². The minimum Gasteiger partial charge on any atom is -0.504 e. The van der Waals surface area contributed by atoms with Crippen molar-refractivity contribution < 1.29 is 13.9 Å². The van der Waals surface area contributed by atoms with Crippen molar-refractivity contribution in [3.63, 3.8) is 0 Å². The van der Waals surface area contributed by atoms with E-state index in [1.165, 1.54) is 11.3 Å². The molecular formula is C8H4F2OS. The van der Waals surface area contributed by atoms with Crippen LogP contribution in [0.15, 0.2) is 17.5 Å². The first-order chi connectivity index (χ1) is 5.70. The van der Waals surface area contributed by atoms with Gasteiger partial charge in [0.05, 0.1) is 4.70 Å². The highest BCUT2D eigenvalue weighted by Crippen LogP contribution is 2.33. The summed E-state index contributed by atoms with van der Waals surface area (Å²) in [6, 6.07) is 2.70. The Labute approximate surface area is 70.9 Å². The zero-order valence-electron chi connectivity index (χ0n) is 5.84. The van der Waals surface area contributed by atoms with E-state index in [0.29, 0.717) is 10.1 Å². The van der Waals surface area contributed by atoms with Crippen molar-refractivity contribution in [2.24, 2.45) is 0 Å². The Morgan fingerprint density at radius 3 is 2.83 bits per heavy atom. The number of halogens is 2.